The molecule has 2 atom stereocenters. The van der Waals surface area contributed by atoms with E-state index in [4.69, 9.17) is 5.73 Å². The van der Waals surface area contributed by atoms with Gasteiger partial charge in [0.1, 0.15) is 0 Å². The number of nitrogens with two attached hydrogens (primary N) is 1. The Kier molecular flexibility index (Phi) is 2.24. The van der Waals surface area contributed by atoms with Crippen LogP contribution in [0.1, 0.15) is 0 Å². The molecule has 0 unspecified atom stereocenters. The summed E-state index contributed by atoms with van der Waals surface area (Å²) in [5, 5.41) is 3.01. The zero-order valence-corrected chi connectivity index (χ0v) is 5.96. The van der Waals surface area contributed by atoms with Gasteiger partial charge in [-0.1, -0.05) is 0 Å². The number of nitrogens with one attached hydrogen (secondary N) is 1. The molecule has 0 bridgehead atoms. The molecule has 0 aliphatic carbocycles. The first-order chi connectivity index (χ1) is 4.75. The van der Waals surface area contributed by atoms with E-state index in [1.807, 2.05) is 0 Å². The van der Waals surface area contributed by atoms with E-state index in [9.17, 15) is 4.79 Å². The molecule has 4 heteroatoms. The van der Waals surface area contributed by atoms with Gasteiger partial charge in [0.15, 0.2) is 0 Å². The monoisotopic (exact) mass is 144 g/mol. The normalized spacial score (nSPS) is 32.2. The van der Waals surface area contributed by atoms with Gasteiger partial charge in [-0.25, -0.2) is 0 Å². The highest BCUT2D eigenvalue weighted by molar-refractivity contribution is 5.73. The molecule has 3 N–H and O–H groups in total. The SMILES string of the molecule is COC(=O)[C@@H]1CNC[C@@H]1N. The number of hydrogen-bond acceptors (Lipinski definition) is 4. The minimum Gasteiger partial charge on any atom is -0.469 e. The minimum atomic E-state index is -0.211. The lowest BCUT2D eigenvalue weighted by Gasteiger charge is -2.09. The Bertz CT molecular complexity index is 138. The van der Waals surface area contributed by atoms with E-state index in [1.54, 1.807) is 0 Å². The summed E-state index contributed by atoms with van der Waals surface area (Å²) in [6, 6.07) is -0.0764. The summed E-state index contributed by atoms with van der Waals surface area (Å²) in [6.45, 7) is 1.35. The van der Waals surface area contributed by atoms with Crippen LogP contribution in [-0.4, -0.2) is 32.2 Å². The summed E-state index contributed by atoms with van der Waals surface area (Å²) < 4.78 is 4.55. The highest BCUT2D eigenvalue weighted by Crippen LogP contribution is 2.07. The van der Waals surface area contributed by atoms with Crippen LogP contribution in [-0.2, 0) is 9.53 Å². The van der Waals surface area contributed by atoms with Crippen LogP contribution in [0.4, 0.5) is 0 Å². The average molecular weight is 144 g/mol. The Morgan fingerprint density at radius 2 is 2.40 bits per heavy atom. The van der Waals surface area contributed by atoms with Gasteiger partial charge in [-0.05, 0) is 0 Å². The fourth-order valence-corrected chi connectivity index (χ4v) is 1.11. The predicted molar refractivity (Wildman–Crippen MR) is 36.4 cm³/mol. The largest absolute Gasteiger partial charge is 0.469 e. The highest BCUT2D eigenvalue weighted by Gasteiger charge is 2.30. The zero-order chi connectivity index (χ0) is 7.56. The summed E-state index contributed by atoms with van der Waals surface area (Å²) in [5.74, 6) is -0.359. The van der Waals surface area contributed by atoms with Crippen molar-refractivity contribution in [3.8, 4) is 0 Å². The van der Waals surface area contributed by atoms with Crippen LogP contribution in [0.2, 0.25) is 0 Å². The lowest BCUT2D eigenvalue weighted by molar-refractivity contribution is -0.145. The molecule has 0 radical (unpaired) electrons. The summed E-state index contributed by atoms with van der Waals surface area (Å²) in [6.07, 6.45) is 0. The van der Waals surface area contributed by atoms with Crippen LogP contribution in [0.5, 0.6) is 0 Å². The maximum Gasteiger partial charge on any atom is 0.311 e. The van der Waals surface area contributed by atoms with Crippen LogP contribution in [0.3, 0.4) is 0 Å². The van der Waals surface area contributed by atoms with E-state index in [1.165, 1.54) is 7.11 Å². The first kappa shape index (κ1) is 7.50. The van der Waals surface area contributed by atoms with E-state index in [-0.39, 0.29) is 17.9 Å². The maximum absolute atomic E-state index is 10.9. The Balaban J connectivity index is 2.46. The van der Waals surface area contributed by atoms with Crippen molar-refractivity contribution in [1.29, 1.82) is 0 Å². The predicted octanol–water partition coefficient (Wildman–Crippen LogP) is -1.29. The third-order valence-electron chi connectivity index (χ3n) is 1.77. The average Bonchev–Trinajstić information content (AvgIpc) is 2.34. The minimum absolute atomic E-state index is 0.0764. The molecule has 58 valence electrons. The van der Waals surface area contributed by atoms with Gasteiger partial charge in [0.25, 0.3) is 0 Å². The maximum atomic E-state index is 10.9. The van der Waals surface area contributed by atoms with Crippen molar-refractivity contribution >= 4 is 5.97 Å². The van der Waals surface area contributed by atoms with Gasteiger partial charge in [0.2, 0.25) is 0 Å². The number of hydrogen-bond donors (Lipinski definition) is 2. The molecule has 4 nitrogen and oxygen atoms in total. The second-order valence-electron chi connectivity index (χ2n) is 2.45. The first-order valence-electron chi connectivity index (χ1n) is 3.30. The molecule has 1 saturated heterocycles. The molecule has 10 heavy (non-hydrogen) atoms. The summed E-state index contributed by atoms with van der Waals surface area (Å²) in [5.41, 5.74) is 5.59. The quantitative estimate of drug-likeness (QED) is 0.449. The van der Waals surface area contributed by atoms with E-state index >= 15 is 0 Å². The van der Waals surface area contributed by atoms with Crippen LogP contribution in [0, 0.1) is 5.92 Å². The lowest BCUT2D eigenvalue weighted by Crippen LogP contribution is -2.34. The van der Waals surface area contributed by atoms with Gasteiger partial charge in [0.05, 0.1) is 13.0 Å². The van der Waals surface area contributed by atoms with E-state index < -0.39 is 0 Å². The molecule has 1 aliphatic rings. The Morgan fingerprint density at radius 1 is 1.70 bits per heavy atom. The molecule has 0 aromatic heterocycles. The third-order valence-corrected chi connectivity index (χ3v) is 1.77. The number of carbonyl (C=O) groups excluding carboxylic acids is 1. The molecule has 1 rings (SSSR count). The molecule has 0 amide bonds. The zero-order valence-electron chi connectivity index (χ0n) is 5.96. The highest BCUT2D eigenvalue weighted by atomic mass is 16.5. The Morgan fingerprint density at radius 3 is 2.80 bits per heavy atom. The van der Waals surface area contributed by atoms with Crippen molar-refractivity contribution < 1.29 is 9.53 Å². The summed E-state index contributed by atoms with van der Waals surface area (Å²) in [4.78, 5) is 10.9. The Hall–Kier alpha value is -0.610. The van der Waals surface area contributed by atoms with Crippen molar-refractivity contribution in [3.05, 3.63) is 0 Å². The van der Waals surface area contributed by atoms with Crippen molar-refractivity contribution in [2.75, 3.05) is 20.2 Å². The van der Waals surface area contributed by atoms with Crippen molar-refractivity contribution in [3.63, 3.8) is 0 Å². The van der Waals surface area contributed by atoms with Gasteiger partial charge in [-0.2, -0.15) is 0 Å². The van der Waals surface area contributed by atoms with Crippen LogP contribution in [0.25, 0.3) is 0 Å². The van der Waals surface area contributed by atoms with Gasteiger partial charge in [-0.3, -0.25) is 4.79 Å². The smallest absolute Gasteiger partial charge is 0.311 e. The number of ether oxygens (including phenoxy) is 1. The summed E-state index contributed by atoms with van der Waals surface area (Å²) >= 11 is 0. The molecule has 1 fully saturated rings. The van der Waals surface area contributed by atoms with Gasteiger partial charge in [-0.15, -0.1) is 0 Å². The van der Waals surface area contributed by atoms with Gasteiger partial charge >= 0.3 is 5.97 Å². The van der Waals surface area contributed by atoms with Crippen LogP contribution in [0.15, 0.2) is 0 Å². The molecule has 1 heterocycles. The van der Waals surface area contributed by atoms with Gasteiger partial charge in [0, 0.05) is 19.1 Å². The molecular weight excluding hydrogens is 132 g/mol. The van der Waals surface area contributed by atoms with E-state index in [0.29, 0.717) is 13.1 Å². The fourth-order valence-electron chi connectivity index (χ4n) is 1.11. The fraction of sp³-hybridized carbons (Fsp3) is 0.833. The molecular formula is C6H12N2O2. The second kappa shape index (κ2) is 2.98. The van der Waals surface area contributed by atoms with Gasteiger partial charge < -0.3 is 15.8 Å². The number of esters is 1. The number of rotatable bonds is 1. The third kappa shape index (κ3) is 1.27. The molecule has 1 aliphatic heterocycles. The van der Waals surface area contributed by atoms with Crippen LogP contribution < -0.4 is 11.1 Å². The first-order valence-corrected chi connectivity index (χ1v) is 3.30. The van der Waals surface area contributed by atoms with E-state index in [0.717, 1.165) is 0 Å². The summed E-state index contributed by atoms with van der Waals surface area (Å²) in [7, 11) is 1.38. The van der Waals surface area contributed by atoms with E-state index in [2.05, 4.69) is 10.1 Å². The molecule has 0 aromatic rings. The molecule has 0 spiro atoms. The van der Waals surface area contributed by atoms with Crippen LogP contribution >= 0.6 is 0 Å². The number of methoxy groups -OCH3 is 1. The molecule has 0 saturated carbocycles. The standard InChI is InChI=1S/C6H12N2O2/c1-10-6(9)4-2-8-3-5(4)7/h4-5,8H,2-3,7H2,1H3/t4-,5+/m1/s1. The second-order valence-corrected chi connectivity index (χ2v) is 2.45. The molecule has 0 aromatic carbocycles. The van der Waals surface area contributed by atoms with Crippen molar-refractivity contribution in [2.45, 2.75) is 6.04 Å². The van der Waals surface area contributed by atoms with Crippen molar-refractivity contribution in [1.82, 2.24) is 5.32 Å². The lowest BCUT2D eigenvalue weighted by atomic mass is 10.1. The topological polar surface area (TPSA) is 64.3 Å². The Labute approximate surface area is 59.7 Å². The van der Waals surface area contributed by atoms with Crippen molar-refractivity contribution in [2.24, 2.45) is 11.7 Å². The number of carbonyl (C=O) groups is 1.